The number of benzene rings is 1. The van der Waals surface area contributed by atoms with E-state index in [1.165, 1.54) is 0 Å². The third kappa shape index (κ3) is 3.30. The SMILES string of the molecule is O=C(CCl)NCCn1cc(-c2ccccc2)nn1. The standard InChI is InChI=1S/C12H13ClN4O/c13-8-12(18)14-6-7-17-9-11(15-16-17)10-4-2-1-3-5-10/h1-5,9H,6-8H2,(H,14,18). The van der Waals surface area contributed by atoms with Crippen molar-refractivity contribution >= 4 is 17.5 Å². The van der Waals surface area contributed by atoms with Crippen molar-refractivity contribution in [3.63, 3.8) is 0 Å². The Kier molecular flexibility index (Phi) is 4.30. The molecule has 0 fully saturated rings. The number of hydrogen-bond acceptors (Lipinski definition) is 3. The van der Waals surface area contributed by atoms with Crippen LogP contribution in [-0.2, 0) is 11.3 Å². The van der Waals surface area contributed by atoms with Gasteiger partial charge in [-0.05, 0) is 0 Å². The van der Waals surface area contributed by atoms with E-state index >= 15 is 0 Å². The molecule has 0 aliphatic heterocycles. The van der Waals surface area contributed by atoms with Crippen LogP contribution in [0.5, 0.6) is 0 Å². The molecule has 5 nitrogen and oxygen atoms in total. The lowest BCUT2D eigenvalue weighted by Crippen LogP contribution is -2.28. The molecule has 1 aromatic heterocycles. The Hall–Kier alpha value is -1.88. The highest BCUT2D eigenvalue weighted by Crippen LogP contribution is 2.14. The first-order valence-corrected chi connectivity index (χ1v) is 6.11. The Morgan fingerprint density at radius 2 is 2.11 bits per heavy atom. The zero-order valence-electron chi connectivity index (χ0n) is 9.71. The maximum Gasteiger partial charge on any atom is 0.234 e. The van der Waals surface area contributed by atoms with E-state index < -0.39 is 0 Å². The minimum absolute atomic E-state index is 0.0212. The van der Waals surface area contributed by atoms with Gasteiger partial charge in [-0.25, -0.2) is 0 Å². The molecule has 1 heterocycles. The lowest BCUT2D eigenvalue weighted by Gasteiger charge is -2.01. The molecule has 0 radical (unpaired) electrons. The molecule has 0 unspecified atom stereocenters. The molecule has 2 rings (SSSR count). The van der Waals surface area contributed by atoms with Crippen molar-refractivity contribution in [2.45, 2.75) is 6.54 Å². The number of carbonyl (C=O) groups is 1. The molecule has 0 aliphatic carbocycles. The van der Waals surface area contributed by atoms with Crippen molar-refractivity contribution in [2.75, 3.05) is 12.4 Å². The van der Waals surface area contributed by atoms with E-state index in [1.807, 2.05) is 36.5 Å². The summed E-state index contributed by atoms with van der Waals surface area (Å²) in [5.74, 6) is -0.202. The Labute approximate surface area is 110 Å². The molecular weight excluding hydrogens is 252 g/mol. The molecule has 0 aliphatic rings. The summed E-state index contributed by atoms with van der Waals surface area (Å²) >= 11 is 5.37. The van der Waals surface area contributed by atoms with Crippen LogP contribution < -0.4 is 5.32 Å². The third-order valence-electron chi connectivity index (χ3n) is 2.39. The number of aromatic nitrogens is 3. The van der Waals surface area contributed by atoms with Crippen LogP contribution in [0, 0.1) is 0 Å². The number of amides is 1. The zero-order valence-corrected chi connectivity index (χ0v) is 10.5. The van der Waals surface area contributed by atoms with Crippen molar-refractivity contribution in [1.29, 1.82) is 0 Å². The number of halogens is 1. The smallest absolute Gasteiger partial charge is 0.234 e. The van der Waals surface area contributed by atoms with Crippen molar-refractivity contribution in [3.05, 3.63) is 36.5 Å². The lowest BCUT2D eigenvalue weighted by atomic mass is 10.2. The molecule has 0 atom stereocenters. The average molecular weight is 265 g/mol. The number of rotatable bonds is 5. The zero-order chi connectivity index (χ0) is 12.8. The van der Waals surface area contributed by atoms with Crippen molar-refractivity contribution in [2.24, 2.45) is 0 Å². The molecule has 2 aromatic rings. The van der Waals surface area contributed by atoms with E-state index in [0.717, 1.165) is 11.3 Å². The first-order valence-electron chi connectivity index (χ1n) is 5.58. The van der Waals surface area contributed by atoms with E-state index in [9.17, 15) is 4.79 Å². The van der Waals surface area contributed by atoms with Gasteiger partial charge in [0.1, 0.15) is 11.6 Å². The predicted molar refractivity (Wildman–Crippen MR) is 69.2 cm³/mol. The van der Waals surface area contributed by atoms with Crippen molar-refractivity contribution in [3.8, 4) is 11.3 Å². The molecule has 0 saturated carbocycles. The molecule has 0 bridgehead atoms. The molecule has 0 saturated heterocycles. The quantitative estimate of drug-likeness (QED) is 0.828. The van der Waals surface area contributed by atoms with Gasteiger partial charge < -0.3 is 5.32 Å². The second kappa shape index (κ2) is 6.16. The summed E-state index contributed by atoms with van der Waals surface area (Å²) in [6, 6.07) is 9.81. The van der Waals surface area contributed by atoms with Gasteiger partial charge in [0.25, 0.3) is 0 Å². The second-order valence-corrected chi connectivity index (χ2v) is 3.98. The van der Waals surface area contributed by atoms with Crippen LogP contribution in [0.15, 0.2) is 36.5 Å². The summed E-state index contributed by atoms with van der Waals surface area (Å²) in [7, 11) is 0. The van der Waals surface area contributed by atoms with E-state index in [0.29, 0.717) is 13.1 Å². The lowest BCUT2D eigenvalue weighted by molar-refractivity contribution is -0.118. The van der Waals surface area contributed by atoms with Gasteiger partial charge in [0, 0.05) is 12.1 Å². The maximum absolute atomic E-state index is 10.9. The molecule has 6 heteroatoms. The molecule has 0 spiro atoms. The Morgan fingerprint density at radius 1 is 1.33 bits per heavy atom. The highest BCUT2D eigenvalue weighted by Gasteiger charge is 2.03. The van der Waals surface area contributed by atoms with Gasteiger partial charge in [-0.1, -0.05) is 35.5 Å². The fraction of sp³-hybridized carbons (Fsp3) is 0.250. The molecule has 18 heavy (non-hydrogen) atoms. The van der Waals surface area contributed by atoms with Gasteiger partial charge in [0.2, 0.25) is 5.91 Å². The van der Waals surface area contributed by atoms with E-state index in [2.05, 4.69) is 15.6 Å². The number of nitrogens with one attached hydrogen (secondary N) is 1. The van der Waals surface area contributed by atoms with Crippen LogP contribution in [0.2, 0.25) is 0 Å². The predicted octanol–water partition coefficient (Wildman–Crippen LogP) is 1.30. The fourth-order valence-electron chi connectivity index (χ4n) is 1.51. The Bertz CT molecular complexity index is 512. The highest BCUT2D eigenvalue weighted by atomic mass is 35.5. The maximum atomic E-state index is 10.9. The molecule has 1 amide bonds. The van der Waals surface area contributed by atoms with Crippen molar-refractivity contribution in [1.82, 2.24) is 20.3 Å². The van der Waals surface area contributed by atoms with Gasteiger partial charge in [0.05, 0.1) is 12.7 Å². The first-order chi connectivity index (χ1) is 8.79. The average Bonchev–Trinajstić information content (AvgIpc) is 2.88. The first kappa shape index (κ1) is 12.6. The molecular formula is C12H13ClN4O. The van der Waals surface area contributed by atoms with Crippen LogP contribution in [0.4, 0.5) is 0 Å². The minimum Gasteiger partial charge on any atom is -0.353 e. The minimum atomic E-state index is -0.180. The largest absolute Gasteiger partial charge is 0.353 e. The van der Waals surface area contributed by atoms with Crippen LogP contribution >= 0.6 is 11.6 Å². The number of carbonyl (C=O) groups excluding carboxylic acids is 1. The van der Waals surface area contributed by atoms with E-state index in [4.69, 9.17) is 11.6 Å². The molecule has 1 aromatic carbocycles. The van der Waals surface area contributed by atoms with Gasteiger partial charge >= 0.3 is 0 Å². The number of hydrogen-bond donors (Lipinski definition) is 1. The third-order valence-corrected chi connectivity index (χ3v) is 2.64. The van der Waals surface area contributed by atoms with E-state index in [1.54, 1.807) is 4.68 Å². The second-order valence-electron chi connectivity index (χ2n) is 3.72. The summed E-state index contributed by atoms with van der Waals surface area (Å²) < 4.78 is 1.69. The molecule has 94 valence electrons. The molecule has 1 N–H and O–H groups in total. The van der Waals surface area contributed by atoms with Crippen LogP contribution in [0.3, 0.4) is 0 Å². The summed E-state index contributed by atoms with van der Waals surface area (Å²) in [5, 5.41) is 10.7. The monoisotopic (exact) mass is 264 g/mol. The van der Waals surface area contributed by atoms with Gasteiger partial charge in [-0.2, -0.15) is 0 Å². The summed E-state index contributed by atoms with van der Waals surface area (Å²) in [5.41, 5.74) is 1.84. The summed E-state index contributed by atoms with van der Waals surface area (Å²) in [6.45, 7) is 1.06. The Morgan fingerprint density at radius 3 is 2.83 bits per heavy atom. The summed E-state index contributed by atoms with van der Waals surface area (Å²) in [4.78, 5) is 10.9. The summed E-state index contributed by atoms with van der Waals surface area (Å²) in [6.07, 6.45) is 1.85. The van der Waals surface area contributed by atoms with Crippen LogP contribution in [0.25, 0.3) is 11.3 Å². The fourth-order valence-corrected chi connectivity index (χ4v) is 1.60. The highest BCUT2D eigenvalue weighted by molar-refractivity contribution is 6.27. The van der Waals surface area contributed by atoms with Gasteiger partial charge in [-0.3, -0.25) is 9.48 Å². The van der Waals surface area contributed by atoms with Crippen LogP contribution in [0.1, 0.15) is 0 Å². The van der Waals surface area contributed by atoms with Gasteiger partial charge in [0.15, 0.2) is 0 Å². The number of nitrogens with zero attached hydrogens (tertiary/aromatic N) is 3. The topological polar surface area (TPSA) is 59.8 Å². The van der Waals surface area contributed by atoms with Crippen LogP contribution in [-0.4, -0.2) is 33.3 Å². The Balaban J connectivity index is 1.93. The van der Waals surface area contributed by atoms with E-state index in [-0.39, 0.29) is 11.8 Å². The van der Waals surface area contributed by atoms with Crippen molar-refractivity contribution < 1.29 is 4.79 Å². The number of alkyl halides is 1. The normalized spacial score (nSPS) is 10.3. The van der Waals surface area contributed by atoms with Gasteiger partial charge in [-0.15, -0.1) is 16.7 Å².